The van der Waals surface area contributed by atoms with Crippen LogP contribution in [0.4, 0.5) is 0 Å². The summed E-state index contributed by atoms with van der Waals surface area (Å²) >= 11 is 0. The minimum absolute atomic E-state index is 0. The van der Waals surface area contributed by atoms with E-state index in [1.807, 2.05) is 0 Å². The molecule has 0 spiro atoms. The van der Waals surface area contributed by atoms with Gasteiger partial charge in [0.15, 0.2) is 0 Å². The predicted molar refractivity (Wildman–Crippen MR) is 66.6 cm³/mol. The maximum absolute atomic E-state index is 5.65. The van der Waals surface area contributed by atoms with E-state index >= 15 is 0 Å². The van der Waals surface area contributed by atoms with Crippen molar-refractivity contribution in [2.45, 2.75) is 32.8 Å². The summed E-state index contributed by atoms with van der Waals surface area (Å²) in [5.74, 6) is 0.761. The summed E-state index contributed by atoms with van der Waals surface area (Å²) in [7, 11) is 0. The van der Waals surface area contributed by atoms with Gasteiger partial charge in [-0.1, -0.05) is 0 Å². The van der Waals surface area contributed by atoms with Crippen molar-refractivity contribution in [3.05, 3.63) is 0 Å². The average Bonchev–Trinajstić information content (AvgIpc) is 2.18. The first-order valence-corrected chi connectivity index (χ1v) is 5.76. The Balaban J connectivity index is 0.00000196. The van der Waals surface area contributed by atoms with E-state index < -0.39 is 0 Å². The van der Waals surface area contributed by atoms with Crippen molar-refractivity contribution >= 4 is 12.4 Å². The van der Waals surface area contributed by atoms with Gasteiger partial charge in [0.1, 0.15) is 0 Å². The minimum atomic E-state index is 0. The van der Waals surface area contributed by atoms with Crippen LogP contribution in [-0.4, -0.2) is 43.8 Å². The van der Waals surface area contributed by atoms with Gasteiger partial charge in [-0.2, -0.15) is 0 Å². The highest BCUT2D eigenvalue weighted by atomic mass is 35.5. The molecule has 0 aromatic rings. The Morgan fingerprint density at radius 2 is 1.93 bits per heavy atom. The lowest BCUT2D eigenvalue weighted by molar-refractivity contribution is 0.0512. The van der Waals surface area contributed by atoms with E-state index in [1.165, 1.54) is 25.9 Å². The summed E-state index contributed by atoms with van der Waals surface area (Å²) in [5, 5.41) is 0. The molecule has 92 valence electrons. The van der Waals surface area contributed by atoms with Crippen LogP contribution in [0.25, 0.3) is 0 Å². The maximum atomic E-state index is 5.65. The number of hydrogen-bond acceptors (Lipinski definition) is 3. The van der Waals surface area contributed by atoms with Crippen molar-refractivity contribution in [1.29, 1.82) is 0 Å². The van der Waals surface area contributed by atoms with Gasteiger partial charge < -0.3 is 15.4 Å². The Morgan fingerprint density at radius 1 is 1.33 bits per heavy atom. The molecule has 1 aliphatic heterocycles. The second-order valence-electron chi connectivity index (χ2n) is 4.44. The van der Waals surface area contributed by atoms with Crippen LogP contribution in [0.3, 0.4) is 0 Å². The molecule has 3 nitrogen and oxygen atoms in total. The molecule has 4 heteroatoms. The van der Waals surface area contributed by atoms with Gasteiger partial charge in [0.2, 0.25) is 0 Å². The molecule has 0 unspecified atom stereocenters. The quantitative estimate of drug-likeness (QED) is 0.787. The molecule has 0 amide bonds. The lowest BCUT2D eigenvalue weighted by Crippen LogP contribution is -2.38. The van der Waals surface area contributed by atoms with Crippen molar-refractivity contribution in [2.24, 2.45) is 11.7 Å². The van der Waals surface area contributed by atoms with Crippen LogP contribution in [0.5, 0.6) is 0 Å². The summed E-state index contributed by atoms with van der Waals surface area (Å²) in [6.07, 6.45) is 2.88. The van der Waals surface area contributed by atoms with Gasteiger partial charge in [-0.15, -0.1) is 12.4 Å². The number of likely N-dealkylation sites (tertiary alicyclic amines) is 1. The monoisotopic (exact) mass is 236 g/mol. The van der Waals surface area contributed by atoms with Crippen LogP contribution in [0, 0.1) is 5.92 Å². The van der Waals surface area contributed by atoms with Gasteiger partial charge in [-0.05, 0) is 52.2 Å². The first-order valence-electron chi connectivity index (χ1n) is 5.76. The molecule has 1 saturated heterocycles. The number of hydrogen-bond donors (Lipinski definition) is 1. The van der Waals surface area contributed by atoms with Crippen LogP contribution in [0.2, 0.25) is 0 Å². The highest BCUT2D eigenvalue weighted by Gasteiger charge is 2.17. The molecule has 1 rings (SSSR count). The zero-order valence-corrected chi connectivity index (χ0v) is 10.8. The van der Waals surface area contributed by atoms with Gasteiger partial charge in [0.25, 0.3) is 0 Å². The molecule has 1 heterocycles. The second kappa shape index (κ2) is 8.34. The minimum Gasteiger partial charge on any atom is -0.377 e. The summed E-state index contributed by atoms with van der Waals surface area (Å²) in [6, 6.07) is 0. The highest BCUT2D eigenvalue weighted by Crippen LogP contribution is 2.15. The first kappa shape index (κ1) is 15.2. The third kappa shape index (κ3) is 6.36. The number of rotatable bonds is 5. The second-order valence-corrected chi connectivity index (χ2v) is 4.44. The van der Waals surface area contributed by atoms with E-state index in [0.717, 1.165) is 25.6 Å². The number of halogens is 1. The molecule has 0 bridgehead atoms. The van der Waals surface area contributed by atoms with E-state index in [9.17, 15) is 0 Å². The van der Waals surface area contributed by atoms with E-state index in [-0.39, 0.29) is 12.4 Å². The predicted octanol–water partition coefficient (Wildman–Crippen LogP) is 1.50. The number of nitrogens with two attached hydrogens (primary N) is 1. The Labute approximate surface area is 99.7 Å². The van der Waals surface area contributed by atoms with Crippen LogP contribution < -0.4 is 5.73 Å². The fourth-order valence-electron chi connectivity index (χ4n) is 1.86. The fourth-order valence-corrected chi connectivity index (χ4v) is 1.86. The third-order valence-corrected chi connectivity index (χ3v) is 2.90. The lowest BCUT2D eigenvalue weighted by atomic mass is 9.97. The van der Waals surface area contributed by atoms with Crippen LogP contribution in [-0.2, 0) is 4.74 Å². The van der Waals surface area contributed by atoms with Crippen LogP contribution in [0.15, 0.2) is 0 Å². The van der Waals surface area contributed by atoms with E-state index in [0.29, 0.717) is 6.10 Å². The molecule has 0 aliphatic carbocycles. The molecule has 15 heavy (non-hydrogen) atoms. The topological polar surface area (TPSA) is 38.5 Å². The molecule has 0 radical (unpaired) electrons. The molecule has 0 aromatic heterocycles. The normalized spacial score (nSPS) is 19.2. The number of nitrogens with zero attached hydrogens (tertiary/aromatic N) is 1. The fraction of sp³-hybridized carbons (Fsp3) is 1.00. The van der Waals surface area contributed by atoms with Crippen molar-refractivity contribution in [1.82, 2.24) is 4.90 Å². The third-order valence-electron chi connectivity index (χ3n) is 2.90. The Bertz CT molecular complexity index is 148. The van der Waals surface area contributed by atoms with Crippen molar-refractivity contribution in [2.75, 3.05) is 32.8 Å². The van der Waals surface area contributed by atoms with Crippen LogP contribution in [0.1, 0.15) is 26.7 Å². The molecular formula is C11H25ClN2O. The first-order chi connectivity index (χ1) is 6.72. The smallest absolute Gasteiger partial charge is 0.0596 e. The summed E-state index contributed by atoms with van der Waals surface area (Å²) < 4.78 is 5.53. The number of piperidine rings is 1. The van der Waals surface area contributed by atoms with Gasteiger partial charge in [-0.3, -0.25) is 0 Å². The van der Waals surface area contributed by atoms with E-state index in [1.54, 1.807) is 0 Å². The summed E-state index contributed by atoms with van der Waals surface area (Å²) in [5.41, 5.74) is 5.65. The van der Waals surface area contributed by atoms with E-state index in [2.05, 4.69) is 18.7 Å². The van der Waals surface area contributed by atoms with Gasteiger partial charge in [-0.25, -0.2) is 0 Å². The summed E-state index contributed by atoms with van der Waals surface area (Å²) in [4.78, 5) is 2.48. The molecular weight excluding hydrogens is 212 g/mol. The zero-order chi connectivity index (χ0) is 10.4. The average molecular weight is 237 g/mol. The Morgan fingerprint density at radius 3 is 2.40 bits per heavy atom. The Hall–Kier alpha value is 0.170. The maximum Gasteiger partial charge on any atom is 0.0596 e. The molecule has 0 saturated carbocycles. The van der Waals surface area contributed by atoms with Crippen molar-refractivity contribution in [3.63, 3.8) is 0 Å². The molecule has 0 aromatic carbocycles. The standard InChI is InChI=1S/C11H24N2O.ClH/c1-10(2)14-8-7-13-5-3-11(9-12)4-6-13;/h10-11H,3-9,12H2,1-2H3;1H. The number of ether oxygens (including phenoxy) is 1. The van der Waals surface area contributed by atoms with Crippen LogP contribution >= 0.6 is 12.4 Å². The van der Waals surface area contributed by atoms with Crippen molar-refractivity contribution in [3.8, 4) is 0 Å². The lowest BCUT2D eigenvalue weighted by Gasteiger charge is -2.31. The van der Waals surface area contributed by atoms with Gasteiger partial charge in [0, 0.05) is 6.54 Å². The SMILES string of the molecule is CC(C)OCCN1CCC(CN)CC1.Cl. The molecule has 1 fully saturated rings. The highest BCUT2D eigenvalue weighted by molar-refractivity contribution is 5.85. The molecule has 1 aliphatic rings. The summed E-state index contributed by atoms with van der Waals surface area (Å²) in [6.45, 7) is 9.37. The van der Waals surface area contributed by atoms with Gasteiger partial charge >= 0.3 is 0 Å². The largest absolute Gasteiger partial charge is 0.377 e. The van der Waals surface area contributed by atoms with Gasteiger partial charge in [0.05, 0.1) is 12.7 Å². The Kier molecular flexibility index (Phi) is 8.43. The molecule has 2 N–H and O–H groups in total. The zero-order valence-electron chi connectivity index (χ0n) is 9.95. The van der Waals surface area contributed by atoms with Crippen molar-refractivity contribution < 1.29 is 4.74 Å². The molecule has 0 atom stereocenters. The van der Waals surface area contributed by atoms with E-state index in [4.69, 9.17) is 10.5 Å².